The topological polar surface area (TPSA) is 42.0 Å². The molecule has 0 saturated heterocycles. The third-order valence-electron chi connectivity index (χ3n) is 2.57. The maximum absolute atomic E-state index is 12.0. The normalized spacial score (nSPS) is 10.1. The summed E-state index contributed by atoms with van der Waals surface area (Å²) < 4.78 is 0.815. The fraction of sp³-hybridized carbons (Fsp3) is 0.143. The molecule has 1 heterocycles. The van der Waals surface area contributed by atoms with Crippen molar-refractivity contribution >= 4 is 21.8 Å². The van der Waals surface area contributed by atoms with Crippen LogP contribution in [-0.2, 0) is 6.54 Å². The predicted molar refractivity (Wildman–Crippen MR) is 74.3 cm³/mol. The number of carbonyl (C=O) groups excluding carboxylic acids is 1. The lowest BCUT2D eigenvalue weighted by Crippen LogP contribution is -2.23. The first kappa shape index (κ1) is 12.8. The van der Waals surface area contributed by atoms with Gasteiger partial charge in [0.25, 0.3) is 5.91 Å². The highest BCUT2D eigenvalue weighted by Gasteiger charge is 2.09. The monoisotopic (exact) mass is 304 g/mol. The van der Waals surface area contributed by atoms with Gasteiger partial charge in [-0.3, -0.25) is 9.78 Å². The Labute approximate surface area is 114 Å². The van der Waals surface area contributed by atoms with Crippen molar-refractivity contribution in [1.82, 2.24) is 10.3 Å². The van der Waals surface area contributed by atoms with Crippen LogP contribution in [0, 0.1) is 6.92 Å². The summed E-state index contributed by atoms with van der Waals surface area (Å²) in [4.78, 5) is 15.9. The minimum atomic E-state index is -0.0845. The zero-order chi connectivity index (χ0) is 13.0. The van der Waals surface area contributed by atoms with Crippen LogP contribution in [0.1, 0.15) is 21.5 Å². The van der Waals surface area contributed by atoms with Gasteiger partial charge in [-0.05, 0) is 58.2 Å². The van der Waals surface area contributed by atoms with Crippen molar-refractivity contribution in [2.75, 3.05) is 0 Å². The summed E-state index contributed by atoms with van der Waals surface area (Å²) in [6, 6.07) is 9.43. The fourth-order valence-corrected chi connectivity index (χ4v) is 2.26. The quantitative estimate of drug-likeness (QED) is 0.947. The van der Waals surface area contributed by atoms with E-state index in [0.717, 1.165) is 15.6 Å². The molecule has 0 aliphatic carbocycles. The molecule has 18 heavy (non-hydrogen) atoms. The summed E-state index contributed by atoms with van der Waals surface area (Å²) in [6.07, 6.45) is 3.42. The first-order chi connectivity index (χ1) is 8.66. The number of aromatic nitrogens is 1. The van der Waals surface area contributed by atoms with Crippen molar-refractivity contribution in [3.63, 3.8) is 0 Å². The minimum Gasteiger partial charge on any atom is -0.348 e. The second kappa shape index (κ2) is 5.78. The van der Waals surface area contributed by atoms with Crippen LogP contribution in [0.5, 0.6) is 0 Å². The van der Waals surface area contributed by atoms with E-state index in [1.165, 1.54) is 0 Å². The highest BCUT2D eigenvalue weighted by atomic mass is 79.9. The third-order valence-corrected chi connectivity index (χ3v) is 3.23. The van der Waals surface area contributed by atoms with Crippen molar-refractivity contribution in [1.29, 1.82) is 0 Å². The van der Waals surface area contributed by atoms with Crippen LogP contribution >= 0.6 is 15.9 Å². The molecule has 0 aliphatic heterocycles. The molecule has 0 fully saturated rings. The van der Waals surface area contributed by atoms with Gasteiger partial charge in [0.1, 0.15) is 0 Å². The first-order valence-electron chi connectivity index (χ1n) is 5.60. The van der Waals surface area contributed by atoms with Crippen LogP contribution in [0.4, 0.5) is 0 Å². The number of halogens is 1. The highest BCUT2D eigenvalue weighted by molar-refractivity contribution is 9.10. The smallest absolute Gasteiger partial charge is 0.252 e. The molecule has 0 saturated carbocycles. The molecule has 92 valence electrons. The molecule has 1 aromatic heterocycles. The van der Waals surface area contributed by atoms with Crippen molar-refractivity contribution < 1.29 is 4.79 Å². The molecule has 0 spiro atoms. The van der Waals surface area contributed by atoms with Gasteiger partial charge in [-0.15, -0.1) is 0 Å². The van der Waals surface area contributed by atoms with E-state index in [0.29, 0.717) is 12.1 Å². The molecule has 0 radical (unpaired) electrons. The Bertz CT molecular complexity index is 555. The van der Waals surface area contributed by atoms with E-state index in [-0.39, 0.29) is 5.91 Å². The largest absolute Gasteiger partial charge is 0.348 e. The van der Waals surface area contributed by atoms with Crippen molar-refractivity contribution in [2.24, 2.45) is 0 Å². The Morgan fingerprint density at radius 3 is 2.67 bits per heavy atom. The molecule has 0 bridgehead atoms. The van der Waals surface area contributed by atoms with E-state index in [9.17, 15) is 4.79 Å². The van der Waals surface area contributed by atoms with Crippen LogP contribution < -0.4 is 5.32 Å². The summed E-state index contributed by atoms with van der Waals surface area (Å²) >= 11 is 3.40. The zero-order valence-electron chi connectivity index (χ0n) is 9.98. The molecule has 0 unspecified atom stereocenters. The van der Waals surface area contributed by atoms with E-state index >= 15 is 0 Å². The predicted octanol–water partition coefficient (Wildman–Crippen LogP) is 3.08. The van der Waals surface area contributed by atoms with E-state index in [1.807, 2.05) is 37.3 Å². The van der Waals surface area contributed by atoms with Crippen LogP contribution in [0.3, 0.4) is 0 Å². The summed E-state index contributed by atoms with van der Waals surface area (Å²) in [6.45, 7) is 2.49. The Kier molecular flexibility index (Phi) is 4.10. The number of benzene rings is 1. The van der Waals surface area contributed by atoms with Gasteiger partial charge in [-0.1, -0.05) is 6.07 Å². The maximum Gasteiger partial charge on any atom is 0.252 e. The molecule has 1 aromatic carbocycles. The highest BCUT2D eigenvalue weighted by Crippen LogP contribution is 2.18. The lowest BCUT2D eigenvalue weighted by molar-refractivity contribution is 0.0950. The van der Waals surface area contributed by atoms with Crippen LogP contribution in [0.2, 0.25) is 0 Å². The molecule has 0 aliphatic rings. The molecular weight excluding hydrogens is 292 g/mol. The van der Waals surface area contributed by atoms with Gasteiger partial charge >= 0.3 is 0 Å². The molecule has 3 nitrogen and oxygen atoms in total. The van der Waals surface area contributed by atoms with E-state index < -0.39 is 0 Å². The standard InChI is InChI=1S/C14H13BrN2O/c1-10-2-3-12(13(15)8-10)14(18)17-9-11-4-6-16-7-5-11/h2-8H,9H2,1H3,(H,17,18). The second-order valence-electron chi connectivity index (χ2n) is 4.02. The average Bonchev–Trinajstić information content (AvgIpc) is 2.37. The van der Waals surface area contributed by atoms with Gasteiger partial charge in [-0.25, -0.2) is 0 Å². The molecule has 0 atom stereocenters. The van der Waals surface area contributed by atoms with Crippen LogP contribution in [0.15, 0.2) is 47.2 Å². The van der Waals surface area contributed by atoms with Crippen LogP contribution in [0.25, 0.3) is 0 Å². The Hall–Kier alpha value is -1.68. The Morgan fingerprint density at radius 1 is 1.28 bits per heavy atom. The van der Waals surface area contributed by atoms with Crippen molar-refractivity contribution in [3.8, 4) is 0 Å². The number of rotatable bonds is 3. The lowest BCUT2D eigenvalue weighted by atomic mass is 10.1. The van der Waals surface area contributed by atoms with E-state index in [1.54, 1.807) is 12.4 Å². The van der Waals surface area contributed by atoms with Crippen LogP contribution in [-0.4, -0.2) is 10.9 Å². The van der Waals surface area contributed by atoms with Gasteiger partial charge in [0.2, 0.25) is 0 Å². The SMILES string of the molecule is Cc1ccc(C(=O)NCc2ccncc2)c(Br)c1. The number of hydrogen-bond acceptors (Lipinski definition) is 2. The number of hydrogen-bond donors (Lipinski definition) is 1. The number of nitrogens with zero attached hydrogens (tertiary/aromatic N) is 1. The van der Waals surface area contributed by atoms with Gasteiger partial charge in [0, 0.05) is 23.4 Å². The summed E-state index contributed by atoms with van der Waals surface area (Å²) in [7, 11) is 0. The number of aryl methyl sites for hydroxylation is 1. The maximum atomic E-state index is 12.0. The van der Waals surface area contributed by atoms with Crippen molar-refractivity contribution in [2.45, 2.75) is 13.5 Å². The molecule has 2 rings (SSSR count). The third kappa shape index (κ3) is 3.17. The minimum absolute atomic E-state index is 0.0845. The molecule has 1 N–H and O–H groups in total. The van der Waals surface area contributed by atoms with Crippen molar-refractivity contribution in [3.05, 3.63) is 63.9 Å². The number of amides is 1. The molecule has 4 heteroatoms. The van der Waals surface area contributed by atoms with Gasteiger partial charge in [-0.2, -0.15) is 0 Å². The molecular formula is C14H13BrN2O. The number of pyridine rings is 1. The number of carbonyl (C=O) groups is 1. The summed E-state index contributed by atoms with van der Waals surface area (Å²) in [5.74, 6) is -0.0845. The lowest BCUT2D eigenvalue weighted by Gasteiger charge is -2.07. The van der Waals surface area contributed by atoms with E-state index in [4.69, 9.17) is 0 Å². The zero-order valence-corrected chi connectivity index (χ0v) is 11.6. The molecule has 1 amide bonds. The van der Waals surface area contributed by atoms with Gasteiger partial charge < -0.3 is 5.32 Å². The Balaban J connectivity index is 2.04. The average molecular weight is 305 g/mol. The van der Waals surface area contributed by atoms with Gasteiger partial charge in [0.05, 0.1) is 5.56 Å². The van der Waals surface area contributed by atoms with Gasteiger partial charge in [0.15, 0.2) is 0 Å². The second-order valence-corrected chi connectivity index (χ2v) is 4.88. The van der Waals surface area contributed by atoms with E-state index in [2.05, 4.69) is 26.2 Å². The fourth-order valence-electron chi connectivity index (χ4n) is 1.58. The molecule has 2 aromatic rings. The number of nitrogens with one attached hydrogen (secondary N) is 1. The first-order valence-corrected chi connectivity index (χ1v) is 6.39. The summed E-state index contributed by atoms with van der Waals surface area (Å²) in [5, 5.41) is 2.88. The Morgan fingerprint density at radius 2 is 2.00 bits per heavy atom. The summed E-state index contributed by atoms with van der Waals surface area (Å²) in [5.41, 5.74) is 2.80.